The molecule has 1 amide bonds. The van der Waals surface area contributed by atoms with E-state index in [0.29, 0.717) is 6.54 Å². The van der Waals surface area contributed by atoms with Crippen LogP contribution in [-0.4, -0.2) is 34.1 Å². The largest absolute Gasteiger partial charge is 0.342 e. The number of carbonyl (C=O) groups is 1. The quantitative estimate of drug-likeness (QED) is 0.774. The molecule has 88 valence electrons. The molecule has 0 spiro atoms. The zero-order chi connectivity index (χ0) is 11.7. The Morgan fingerprint density at radius 3 is 2.81 bits per heavy atom. The van der Waals surface area contributed by atoms with Gasteiger partial charge in [0.15, 0.2) is 0 Å². The van der Waals surface area contributed by atoms with Gasteiger partial charge in [-0.2, -0.15) is 0 Å². The molecule has 0 bridgehead atoms. The fourth-order valence-electron chi connectivity index (χ4n) is 2.15. The minimum atomic E-state index is -0.108. The number of carbonyl (C=O) groups excluding carboxylic acids is 1. The Kier molecular flexibility index (Phi) is 2.85. The van der Waals surface area contributed by atoms with Gasteiger partial charge in [-0.3, -0.25) is 14.7 Å². The molecular weight excluding hydrogens is 206 g/mol. The molecule has 0 radical (unpaired) electrons. The minimum absolute atomic E-state index is 0.0454. The number of likely N-dealkylation sites (tertiary alicyclic amines) is 1. The standard InChI is InChI=1S/C11H17N3O2/c1-7(2)11(16)14-4-3-8(6-14)9-5-10(15)13-12-9/h5,7-8H,3-4,6H2,1-2H3,(H2,12,13,15). The number of nitrogens with zero attached hydrogens (tertiary/aromatic N) is 1. The van der Waals surface area contributed by atoms with Crippen LogP contribution in [0, 0.1) is 5.92 Å². The van der Waals surface area contributed by atoms with Gasteiger partial charge in [0.2, 0.25) is 5.91 Å². The lowest BCUT2D eigenvalue weighted by molar-refractivity contribution is -0.133. The van der Waals surface area contributed by atoms with Gasteiger partial charge in [0.05, 0.1) is 0 Å². The second-order valence-electron chi connectivity index (χ2n) is 4.64. The van der Waals surface area contributed by atoms with E-state index in [1.165, 1.54) is 0 Å². The summed E-state index contributed by atoms with van der Waals surface area (Å²) in [4.78, 5) is 24.7. The number of nitrogens with one attached hydrogen (secondary N) is 2. The lowest BCUT2D eigenvalue weighted by Crippen LogP contribution is -2.31. The molecule has 1 aromatic heterocycles. The smallest absolute Gasteiger partial charge is 0.264 e. The summed E-state index contributed by atoms with van der Waals surface area (Å²) in [5.74, 6) is 0.506. The molecule has 1 saturated heterocycles. The Hall–Kier alpha value is -1.52. The van der Waals surface area contributed by atoms with Crippen LogP contribution in [0.25, 0.3) is 0 Å². The fourth-order valence-corrected chi connectivity index (χ4v) is 2.15. The number of rotatable bonds is 2. The van der Waals surface area contributed by atoms with Crippen LogP contribution in [0.4, 0.5) is 0 Å². The maximum atomic E-state index is 11.8. The van der Waals surface area contributed by atoms with Gasteiger partial charge >= 0.3 is 0 Å². The van der Waals surface area contributed by atoms with Crippen molar-refractivity contribution in [3.05, 3.63) is 22.1 Å². The van der Waals surface area contributed by atoms with E-state index in [9.17, 15) is 9.59 Å². The molecule has 5 heteroatoms. The number of aromatic nitrogens is 2. The van der Waals surface area contributed by atoms with Crippen molar-refractivity contribution in [2.45, 2.75) is 26.2 Å². The van der Waals surface area contributed by atoms with Gasteiger partial charge in [-0.1, -0.05) is 13.8 Å². The molecule has 16 heavy (non-hydrogen) atoms. The second kappa shape index (κ2) is 4.15. The SMILES string of the molecule is CC(C)C(=O)N1CCC(c2cc(=O)[nH][nH]2)C1. The summed E-state index contributed by atoms with van der Waals surface area (Å²) in [7, 11) is 0. The van der Waals surface area contributed by atoms with Crippen molar-refractivity contribution < 1.29 is 4.79 Å². The molecule has 1 fully saturated rings. The van der Waals surface area contributed by atoms with E-state index >= 15 is 0 Å². The van der Waals surface area contributed by atoms with Gasteiger partial charge in [-0.15, -0.1) is 0 Å². The monoisotopic (exact) mass is 223 g/mol. The molecule has 1 aromatic rings. The third kappa shape index (κ3) is 2.03. The van der Waals surface area contributed by atoms with Crippen LogP contribution in [0.3, 0.4) is 0 Å². The van der Waals surface area contributed by atoms with Crippen molar-refractivity contribution in [2.24, 2.45) is 5.92 Å². The lowest BCUT2D eigenvalue weighted by atomic mass is 10.1. The molecule has 1 aliphatic heterocycles. The van der Waals surface area contributed by atoms with E-state index in [4.69, 9.17) is 0 Å². The zero-order valence-electron chi connectivity index (χ0n) is 9.62. The summed E-state index contributed by atoms with van der Waals surface area (Å²) >= 11 is 0. The molecule has 5 nitrogen and oxygen atoms in total. The highest BCUT2D eigenvalue weighted by Crippen LogP contribution is 2.25. The number of hydrogen-bond acceptors (Lipinski definition) is 2. The van der Waals surface area contributed by atoms with Gasteiger partial charge < -0.3 is 10.00 Å². The molecule has 0 aliphatic carbocycles. The Bertz CT molecular complexity index is 432. The number of aromatic amines is 2. The van der Waals surface area contributed by atoms with Crippen molar-refractivity contribution in [2.75, 3.05) is 13.1 Å². The number of amides is 1. The third-order valence-electron chi connectivity index (χ3n) is 3.05. The second-order valence-corrected chi connectivity index (χ2v) is 4.64. The van der Waals surface area contributed by atoms with E-state index in [-0.39, 0.29) is 23.3 Å². The van der Waals surface area contributed by atoms with E-state index in [1.54, 1.807) is 6.07 Å². The highest BCUT2D eigenvalue weighted by Gasteiger charge is 2.29. The molecule has 0 aromatic carbocycles. The van der Waals surface area contributed by atoms with Crippen LogP contribution >= 0.6 is 0 Å². The van der Waals surface area contributed by atoms with Crippen molar-refractivity contribution in [1.29, 1.82) is 0 Å². The van der Waals surface area contributed by atoms with E-state index < -0.39 is 0 Å². The first kappa shape index (κ1) is 11.0. The van der Waals surface area contributed by atoms with Crippen LogP contribution in [0.2, 0.25) is 0 Å². The fraction of sp³-hybridized carbons (Fsp3) is 0.636. The van der Waals surface area contributed by atoms with Crippen LogP contribution in [-0.2, 0) is 4.79 Å². The summed E-state index contributed by atoms with van der Waals surface area (Å²) in [6.07, 6.45) is 0.923. The Morgan fingerprint density at radius 2 is 2.25 bits per heavy atom. The highest BCUT2D eigenvalue weighted by molar-refractivity contribution is 5.78. The van der Waals surface area contributed by atoms with Crippen molar-refractivity contribution >= 4 is 5.91 Å². The molecule has 0 saturated carbocycles. The topological polar surface area (TPSA) is 69.0 Å². The Balaban J connectivity index is 2.03. The van der Waals surface area contributed by atoms with Gasteiger partial charge in [0.25, 0.3) is 5.56 Å². The molecule has 2 N–H and O–H groups in total. The Labute approximate surface area is 93.8 Å². The van der Waals surface area contributed by atoms with Crippen molar-refractivity contribution in [1.82, 2.24) is 15.1 Å². The third-order valence-corrected chi connectivity index (χ3v) is 3.05. The van der Waals surface area contributed by atoms with Crippen LogP contribution in [0.5, 0.6) is 0 Å². The Morgan fingerprint density at radius 1 is 1.50 bits per heavy atom. The lowest BCUT2D eigenvalue weighted by Gasteiger charge is -2.18. The first-order valence-electron chi connectivity index (χ1n) is 5.64. The minimum Gasteiger partial charge on any atom is -0.342 e. The molecule has 1 aliphatic rings. The first-order chi connectivity index (χ1) is 7.58. The average molecular weight is 223 g/mol. The summed E-state index contributed by atoms with van der Waals surface area (Å²) in [5, 5.41) is 5.39. The summed E-state index contributed by atoms with van der Waals surface area (Å²) < 4.78 is 0. The zero-order valence-corrected chi connectivity index (χ0v) is 9.62. The maximum absolute atomic E-state index is 11.8. The molecule has 2 rings (SSSR count). The van der Waals surface area contributed by atoms with Crippen LogP contribution in [0.1, 0.15) is 31.9 Å². The predicted molar refractivity (Wildman–Crippen MR) is 60.2 cm³/mol. The number of hydrogen-bond donors (Lipinski definition) is 2. The summed E-state index contributed by atoms with van der Waals surface area (Å²) in [6, 6.07) is 1.58. The normalized spacial score (nSPS) is 20.7. The van der Waals surface area contributed by atoms with E-state index in [2.05, 4.69) is 10.2 Å². The van der Waals surface area contributed by atoms with E-state index in [0.717, 1.165) is 18.7 Å². The molecular formula is C11H17N3O2. The van der Waals surface area contributed by atoms with Gasteiger partial charge in [0, 0.05) is 36.7 Å². The van der Waals surface area contributed by atoms with Crippen molar-refractivity contribution in [3.8, 4) is 0 Å². The molecule has 1 atom stereocenters. The van der Waals surface area contributed by atoms with Crippen LogP contribution in [0.15, 0.2) is 10.9 Å². The summed E-state index contributed by atoms with van der Waals surface area (Å²) in [5.41, 5.74) is 0.799. The average Bonchev–Trinajstić information content (AvgIpc) is 2.84. The van der Waals surface area contributed by atoms with Gasteiger partial charge in [0.1, 0.15) is 0 Å². The summed E-state index contributed by atoms with van der Waals surface area (Å²) in [6.45, 7) is 5.32. The van der Waals surface area contributed by atoms with E-state index in [1.807, 2.05) is 18.7 Å². The predicted octanol–water partition coefficient (Wildman–Crippen LogP) is 0.675. The maximum Gasteiger partial charge on any atom is 0.264 e. The first-order valence-corrected chi connectivity index (χ1v) is 5.64. The van der Waals surface area contributed by atoms with Gasteiger partial charge in [-0.25, -0.2) is 0 Å². The highest BCUT2D eigenvalue weighted by atomic mass is 16.2. The van der Waals surface area contributed by atoms with Gasteiger partial charge in [-0.05, 0) is 6.42 Å². The van der Waals surface area contributed by atoms with Crippen LogP contribution < -0.4 is 5.56 Å². The van der Waals surface area contributed by atoms with Crippen molar-refractivity contribution in [3.63, 3.8) is 0 Å². The molecule has 2 heterocycles. The number of H-pyrrole nitrogens is 2. The molecule has 1 unspecified atom stereocenters.